The molecule has 1 aliphatic heterocycles. The number of likely N-dealkylation sites (tertiary alicyclic amines) is 1. The predicted octanol–water partition coefficient (Wildman–Crippen LogP) is 0.508. The summed E-state index contributed by atoms with van der Waals surface area (Å²) in [5.74, 6) is -0.253. The summed E-state index contributed by atoms with van der Waals surface area (Å²) in [5.41, 5.74) is -0.721. The Morgan fingerprint density at radius 2 is 2.20 bits per heavy atom. The van der Waals surface area contributed by atoms with Crippen molar-refractivity contribution in [2.45, 2.75) is 26.2 Å². The molecule has 1 fully saturated rings. The number of nitrogens with one attached hydrogen (secondary N) is 1. The molecule has 20 heavy (non-hydrogen) atoms. The van der Waals surface area contributed by atoms with E-state index < -0.39 is 11.4 Å². The molecule has 0 bridgehead atoms. The molecule has 1 aliphatic rings. The van der Waals surface area contributed by atoms with Crippen molar-refractivity contribution in [1.82, 2.24) is 20.4 Å². The molecule has 0 aromatic carbocycles. The van der Waals surface area contributed by atoms with Crippen molar-refractivity contribution in [1.29, 1.82) is 0 Å². The van der Waals surface area contributed by atoms with Crippen molar-refractivity contribution in [2.75, 3.05) is 19.6 Å². The second-order valence-corrected chi connectivity index (χ2v) is 5.18. The van der Waals surface area contributed by atoms with Gasteiger partial charge in [0.25, 0.3) is 0 Å². The molecule has 2 N–H and O–H groups in total. The lowest BCUT2D eigenvalue weighted by molar-refractivity contribution is -0.150. The first-order chi connectivity index (χ1) is 9.51. The molecule has 0 unspecified atom stereocenters. The monoisotopic (exact) mass is 282 g/mol. The van der Waals surface area contributed by atoms with Gasteiger partial charge in [0.05, 0.1) is 5.41 Å². The number of amides is 2. The van der Waals surface area contributed by atoms with Gasteiger partial charge in [-0.05, 0) is 19.8 Å². The molecule has 1 saturated heterocycles. The van der Waals surface area contributed by atoms with Gasteiger partial charge in [-0.3, -0.25) is 4.79 Å². The van der Waals surface area contributed by atoms with Crippen molar-refractivity contribution in [3.05, 3.63) is 12.2 Å². The first-order valence-electron chi connectivity index (χ1n) is 6.53. The topological polar surface area (TPSA) is 109 Å². The Bertz CT molecular complexity index is 466. The lowest BCUT2D eigenvalue weighted by Crippen LogP contribution is -2.49. The van der Waals surface area contributed by atoms with Crippen LogP contribution in [0.15, 0.2) is 10.9 Å². The fourth-order valence-electron chi connectivity index (χ4n) is 2.11. The molecule has 110 valence electrons. The zero-order chi connectivity index (χ0) is 14.6. The number of urea groups is 1. The van der Waals surface area contributed by atoms with Crippen LogP contribution in [0.5, 0.6) is 0 Å². The summed E-state index contributed by atoms with van der Waals surface area (Å²) in [7, 11) is 0. The minimum atomic E-state index is -0.797. The van der Waals surface area contributed by atoms with Gasteiger partial charge < -0.3 is 19.8 Å². The summed E-state index contributed by atoms with van der Waals surface area (Å²) in [6.07, 6.45) is 2.69. The second-order valence-electron chi connectivity index (χ2n) is 5.18. The molecule has 1 aromatic rings. The molecule has 0 aliphatic carbocycles. The maximum atomic E-state index is 11.9. The third kappa shape index (κ3) is 3.25. The average Bonchev–Trinajstić information content (AvgIpc) is 2.92. The fourth-order valence-corrected chi connectivity index (χ4v) is 2.11. The van der Waals surface area contributed by atoms with Gasteiger partial charge in [0.2, 0.25) is 6.39 Å². The van der Waals surface area contributed by atoms with Crippen molar-refractivity contribution >= 4 is 12.0 Å². The Hall–Kier alpha value is -2.12. The summed E-state index contributed by atoms with van der Waals surface area (Å²) < 4.78 is 4.59. The molecule has 8 nitrogen and oxygen atoms in total. The highest BCUT2D eigenvalue weighted by Gasteiger charge is 2.37. The van der Waals surface area contributed by atoms with Crippen molar-refractivity contribution in [3.8, 4) is 0 Å². The molecule has 2 rings (SSSR count). The molecule has 0 radical (unpaired) electrons. The van der Waals surface area contributed by atoms with E-state index in [2.05, 4.69) is 20.0 Å². The van der Waals surface area contributed by atoms with Gasteiger partial charge >= 0.3 is 12.0 Å². The van der Waals surface area contributed by atoms with E-state index in [1.165, 1.54) is 6.39 Å². The number of aliphatic carboxylic acids is 1. The number of carboxylic acid groups (broad SMARTS) is 1. The molecule has 0 atom stereocenters. The molecule has 8 heteroatoms. The van der Waals surface area contributed by atoms with E-state index in [1.807, 2.05) is 0 Å². The Labute approximate surface area is 116 Å². The largest absolute Gasteiger partial charge is 0.481 e. The molecular formula is C12H18N4O4. The van der Waals surface area contributed by atoms with E-state index >= 15 is 0 Å². The van der Waals surface area contributed by atoms with Crippen LogP contribution in [0.1, 0.15) is 25.6 Å². The average molecular weight is 282 g/mol. The van der Waals surface area contributed by atoms with Crippen molar-refractivity contribution < 1.29 is 19.2 Å². The molecule has 2 heterocycles. The number of hydrogen-bond donors (Lipinski definition) is 2. The fraction of sp³-hybridized carbons (Fsp3) is 0.667. The van der Waals surface area contributed by atoms with Crippen LogP contribution in [-0.4, -0.2) is 51.8 Å². The summed E-state index contributed by atoms with van der Waals surface area (Å²) >= 11 is 0. The van der Waals surface area contributed by atoms with Gasteiger partial charge in [-0.2, -0.15) is 4.98 Å². The number of aromatic nitrogens is 2. The van der Waals surface area contributed by atoms with Crippen LogP contribution in [0.3, 0.4) is 0 Å². The number of carboxylic acids is 1. The van der Waals surface area contributed by atoms with E-state index in [0.29, 0.717) is 44.7 Å². The maximum Gasteiger partial charge on any atom is 0.317 e. The molecule has 1 aromatic heterocycles. The van der Waals surface area contributed by atoms with Crippen LogP contribution >= 0.6 is 0 Å². The van der Waals surface area contributed by atoms with Gasteiger partial charge in [-0.25, -0.2) is 4.79 Å². The maximum absolute atomic E-state index is 11.9. The number of piperidine rings is 1. The quantitative estimate of drug-likeness (QED) is 0.832. The van der Waals surface area contributed by atoms with E-state index in [1.54, 1.807) is 11.8 Å². The Morgan fingerprint density at radius 3 is 2.75 bits per heavy atom. The van der Waals surface area contributed by atoms with Crippen LogP contribution in [0.4, 0.5) is 4.79 Å². The summed E-state index contributed by atoms with van der Waals surface area (Å²) in [5, 5.41) is 15.5. The minimum absolute atomic E-state index is 0.180. The zero-order valence-corrected chi connectivity index (χ0v) is 11.3. The normalized spacial score (nSPS) is 17.8. The Balaban J connectivity index is 1.73. The van der Waals surface area contributed by atoms with Gasteiger partial charge in [-0.1, -0.05) is 5.16 Å². The van der Waals surface area contributed by atoms with E-state index in [9.17, 15) is 9.59 Å². The van der Waals surface area contributed by atoms with Crippen LogP contribution < -0.4 is 5.32 Å². The zero-order valence-electron chi connectivity index (χ0n) is 11.3. The smallest absolute Gasteiger partial charge is 0.317 e. The summed E-state index contributed by atoms with van der Waals surface area (Å²) in [4.78, 5) is 28.5. The molecular weight excluding hydrogens is 264 g/mol. The summed E-state index contributed by atoms with van der Waals surface area (Å²) in [6, 6.07) is -0.180. The van der Waals surface area contributed by atoms with E-state index in [4.69, 9.17) is 5.11 Å². The Morgan fingerprint density at radius 1 is 1.50 bits per heavy atom. The number of carbonyl (C=O) groups excluding carboxylic acids is 1. The number of carbonyl (C=O) groups is 2. The second kappa shape index (κ2) is 5.89. The first kappa shape index (κ1) is 14.3. The molecule has 0 spiro atoms. The third-order valence-corrected chi connectivity index (χ3v) is 3.70. The number of rotatable bonds is 4. The van der Waals surface area contributed by atoms with Gasteiger partial charge in [-0.15, -0.1) is 0 Å². The number of nitrogens with zero attached hydrogens (tertiary/aromatic N) is 3. The molecule has 0 saturated carbocycles. The first-order valence-corrected chi connectivity index (χ1v) is 6.53. The third-order valence-electron chi connectivity index (χ3n) is 3.70. The lowest BCUT2D eigenvalue weighted by atomic mass is 9.80. The highest BCUT2D eigenvalue weighted by Crippen LogP contribution is 2.30. The standard InChI is InChI=1S/C12H18N4O4/c1-12(10(17)18)3-6-16(7-4-12)11(19)13-5-2-9-14-8-20-15-9/h8H,2-7H2,1H3,(H,13,19)(H,17,18). The van der Waals surface area contributed by atoms with Gasteiger partial charge in [0, 0.05) is 26.1 Å². The minimum Gasteiger partial charge on any atom is -0.481 e. The predicted molar refractivity (Wildman–Crippen MR) is 68.0 cm³/mol. The Kier molecular flexibility index (Phi) is 4.21. The van der Waals surface area contributed by atoms with Crippen molar-refractivity contribution in [3.63, 3.8) is 0 Å². The highest BCUT2D eigenvalue weighted by atomic mass is 16.5. The highest BCUT2D eigenvalue weighted by molar-refractivity contribution is 5.76. The SMILES string of the molecule is CC1(C(=O)O)CCN(C(=O)NCCc2ncon2)CC1. The van der Waals surface area contributed by atoms with Gasteiger partial charge in [0.1, 0.15) is 0 Å². The van der Waals surface area contributed by atoms with Crippen molar-refractivity contribution in [2.24, 2.45) is 5.41 Å². The number of hydrogen-bond acceptors (Lipinski definition) is 5. The molecule has 2 amide bonds. The van der Waals surface area contributed by atoms with Crippen LogP contribution in [-0.2, 0) is 11.2 Å². The van der Waals surface area contributed by atoms with Crippen LogP contribution in [0, 0.1) is 5.41 Å². The van der Waals surface area contributed by atoms with E-state index in [-0.39, 0.29) is 6.03 Å². The summed E-state index contributed by atoms with van der Waals surface area (Å²) in [6.45, 7) is 3.06. The van der Waals surface area contributed by atoms with Gasteiger partial charge in [0.15, 0.2) is 5.82 Å². The lowest BCUT2D eigenvalue weighted by Gasteiger charge is -2.36. The van der Waals surface area contributed by atoms with Crippen LogP contribution in [0.2, 0.25) is 0 Å². The van der Waals surface area contributed by atoms with Crippen LogP contribution in [0.25, 0.3) is 0 Å². The van der Waals surface area contributed by atoms with E-state index in [0.717, 1.165) is 0 Å².